The molecule has 1 aliphatic heterocycles. The van der Waals surface area contributed by atoms with E-state index in [1.165, 1.54) is 16.9 Å². The van der Waals surface area contributed by atoms with Crippen molar-refractivity contribution in [1.29, 1.82) is 0 Å². The van der Waals surface area contributed by atoms with Crippen LogP contribution in [-0.4, -0.2) is 78.7 Å². The molecule has 4 N–H and O–H groups in total. The number of benzene rings is 1. The van der Waals surface area contributed by atoms with Gasteiger partial charge in [0.15, 0.2) is 0 Å². The van der Waals surface area contributed by atoms with E-state index in [1.54, 1.807) is 20.9 Å². The van der Waals surface area contributed by atoms with Crippen LogP contribution in [0.25, 0.3) is 0 Å². The van der Waals surface area contributed by atoms with E-state index in [2.05, 4.69) is 34.1 Å². The molecule has 1 heterocycles. The predicted octanol–water partition coefficient (Wildman–Crippen LogP) is 2.33. The molecule has 3 unspecified atom stereocenters. The zero-order valence-electron chi connectivity index (χ0n) is 24.1. The number of para-hydroxylation sites is 1. The van der Waals surface area contributed by atoms with Gasteiger partial charge >= 0.3 is 0 Å². The lowest BCUT2D eigenvalue weighted by Gasteiger charge is -2.40. The highest BCUT2D eigenvalue weighted by Crippen LogP contribution is 2.33. The van der Waals surface area contributed by atoms with Gasteiger partial charge in [-0.05, 0) is 76.3 Å². The number of ether oxygens (including phenoxy) is 1. The van der Waals surface area contributed by atoms with E-state index in [4.69, 9.17) is 4.74 Å². The summed E-state index contributed by atoms with van der Waals surface area (Å²) < 4.78 is 6.49. The second-order valence-electron chi connectivity index (χ2n) is 11.5. The highest BCUT2D eigenvalue weighted by atomic mass is 16.5. The number of carbonyl (C=O) groups excluding carboxylic acids is 3. The fourth-order valence-corrected chi connectivity index (χ4v) is 6.08. The molecule has 3 atom stereocenters. The average Bonchev–Trinajstić information content (AvgIpc) is 2.91. The van der Waals surface area contributed by atoms with E-state index in [1.807, 2.05) is 6.92 Å². The number of aliphatic hydroxyl groups is 1. The Kier molecular flexibility index (Phi) is 11.6. The maximum absolute atomic E-state index is 13.9. The van der Waals surface area contributed by atoms with Crippen LogP contribution in [0.1, 0.15) is 76.8 Å². The first kappa shape index (κ1) is 30.9. The van der Waals surface area contributed by atoms with Gasteiger partial charge in [-0.2, -0.15) is 0 Å². The Morgan fingerprint density at radius 2 is 1.95 bits per heavy atom. The molecule has 0 bridgehead atoms. The highest BCUT2D eigenvalue weighted by Gasteiger charge is 2.42. The molecule has 39 heavy (non-hydrogen) atoms. The number of hydrogen-bond acceptors (Lipinski definition) is 6. The third-order valence-electron chi connectivity index (χ3n) is 8.01. The Hall–Kier alpha value is -2.65. The van der Waals surface area contributed by atoms with Crippen molar-refractivity contribution in [3.8, 4) is 5.75 Å². The van der Waals surface area contributed by atoms with E-state index in [0.717, 1.165) is 69.1 Å². The number of aryl methyl sites for hydroxylation is 2. The van der Waals surface area contributed by atoms with Crippen molar-refractivity contribution >= 4 is 18.2 Å². The van der Waals surface area contributed by atoms with E-state index < -0.39 is 17.7 Å². The molecule has 0 spiro atoms. The molecule has 1 aromatic carbocycles. The highest BCUT2D eigenvalue weighted by molar-refractivity contribution is 5.90. The van der Waals surface area contributed by atoms with Crippen LogP contribution >= 0.6 is 0 Å². The zero-order chi connectivity index (χ0) is 28.4. The van der Waals surface area contributed by atoms with Crippen molar-refractivity contribution in [3.63, 3.8) is 0 Å². The smallest absolute Gasteiger partial charge is 0.245 e. The summed E-state index contributed by atoms with van der Waals surface area (Å²) >= 11 is 0. The summed E-state index contributed by atoms with van der Waals surface area (Å²) in [6, 6.07) is 4.80. The van der Waals surface area contributed by atoms with Crippen molar-refractivity contribution in [1.82, 2.24) is 20.9 Å². The molecule has 0 aromatic heterocycles. The molecular weight excluding hydrogens is 496 g/mol. The number of hydrogen-bond donors (Lipinski definition) is 4. The third kappa shape index (κ3) is 8.42. The van der Waals surface area contributed by atoms with Gasteiger partial charge in [0.05, 0.1) is 11.6 Å². The number of rotatable bonds is 14. The molecule has 1 aromatic rings. The molecule has 3 rings (SSSR count). The summed E-state index contributed by atoms with van der Waals surface area (Å²) in [6.45, 7) is 6.53. The summed E-state index contributed by atoms with van der Waals surface area (Å²) in [7, 11) is 1.62. The standard InChI is InChI=1S/C30H48N4O5/c1-5-32-28(36)27(30(2,3)38)34(4)29(37)25(21-11-7-6-8-12-21)33-19-24-17-16-23-14-9-13-22(26(23)39-24)15-10-18-31-20-35/h9,13-14,20-21,24-25,27,33,38H,5-8,10-12,15-19H2,1-4H3,(H,31,35)(H,32,36). The molecule has 9 nitrogen and oxygen atoms in total. The van der Waals surface area contributed by atoms with Crippen LogP contribution in [0.5, 0.6) is 5.75 Å². The lowest BCUT2D eigenvalue weighted by molar-refractivity contribution is -0.150. The number of likely N-dealkylation sites (N-methyl/N-ethyl adjacent to an activating group) is 2. The lowest BCUT2D eigenvalue weighted by atomic mass is 9.82. The average molecular weight is 545 g/mol. The third-order valence-corrected chi connectivity index (χ3v) is 8.01. The van der Waals surface area contributed by atoms with Crippen LogP contribution in [0.2, 0.25) is 0 Å². The summed E-state index contributed by atoms with van der Waals surface area (Å²) in [6.07, 6.45) is 9.30. The molecule has 9 heteroatoms. The van der Waals surface area contributed by atoms with Gasteiger partial charge in [-0.25, -0.2) is 0 Å². The molecule has 1 aliphatic carbocycles. The first-order valence-corrected chi connectivity index (χ1v) is 14.6. The topological polar surface area (TPSA) is 120 Å². The maximum atomic E-state index is 13.9. The molecule has 3 amide bonds. The van der Waals surface area contributed by atoms with E-state index in [9.17, 15) is 19.5 Å². The van der Waals surface area contributed by atoms with Gasteiger partial charge in [0, 0.05) is 26.7 Å². The van der Waals surface area contributed by atoms with Crippen molar-refractivity contribution in [3.05, 3.63) is 29.3 Å². The van der Waals surface area contributed by atoms with Crippen LogP contribution < -0.4 is 20.7 Å². The van der Waals surface area contributed by atoms with E-state index in [0.29, 0.717) is 19.6 Å². The Labute approximate surface area is 233 Å². The number of amides is 3. The minimum atomic E-state index is -1.39. The summed E-state index contributed by atoms with van der Waals surface area (Å²) in [5, 5.41) is 19.8. The molecule has 1 fully saturated rings. The molecular formula is C30H48N4O5. The number of nitrogens with one attached hydrogen (secondary N) is 3. The fraction of sp³-hybridized carbons (Fsp3) is 0.700. The van der Waals surface area contributed by atoms with Gasteiger partial charge in [0.2, 0.25) is 18.2 Å². The number of fused-ring (bicyclic) bond motifs is 1. The van der Waals surface area contributed by atoms with Crippen LogP contribution in [0.3, 0.4) is 0 Å². The van der Waals surface area contributed by atoms with Gasteiger partial charge < -0.3 is 30.7 Å². The fourth-order valence-electron chi connectivity index (χ4n) is 6.08. The molecule has 0 radical (unpaired) electrons. The Morgan fingerprint density at radius 1 is 1.21 bits per heavy atom. The van der Waals surface area contributed by atoms with Crippen molar-refractivity contribution in [2.45, 2.75) is 102 Å². The monoisotopic (exact) mass is 544 g/mol. The lowest BCUT2D eigenvalue weighted by Crippen LogP contribution is -2.62. The molecule has 0 saturated heterocycles. The predicted molar refractivity (Wildman–Crippen MR) is 151 cm³/mol. The van der Waals surface area contributed by atoms with Crippen LogP contribution in [0.4, 0.5) is 0 Å². The van der Waals surface area contributed by atoms with Gasteiger partial charge in [0.25, 0.3) is 0 Å². The Morgan fingerprint density at radius 3 is 2.62 bits per heavy atom. The van der Waals surface area contributed by atoms with Gasteiger partial charge in [0.1, 0.15) is 17.9 Å². The minimum absolute atomic E-state index is 0.0792. The molecule has 1 saturated carbocycles. The summed E-state index contributed by atoms with van der Waals surface area (Å²) in [5.74, 6) is 0.575. The largest absolute Gasteiger partial charge is 0.489 e. The normalized spacial score (nSPS) is 19.3. The summed E-state index contributed by atoms with van der Waals surface area (Å²) in [4.78, 5) is 38.8. The Balaban J connectivity index is 1.73. The van der Waals surface area contributed by atoms with Crippen molar-refractivity contribution in [2.24, 2.45) is 5.92 Å². The second-order valence-corrected chi connectivity index (χ2v) is 11.5. The van der Waals surface area contributed by atoms with Gasteiger partial charge in [-0.3, -0.25) is 14.4 Å². The quantitative estimate of drug-likeness (QED) is 0.211. The summed E-state index contributed by atoms with van der Waals surface area (Å²) in [5.41, 5.74) is 0.940. The van der Waals surface area contributed by atoms with Crippen molar-refractivity contribution in [2.75, 3.05) is 26.7 Å². The van der Waals surface area contributed by atoms with Crippen LogP contribution in [0, 0.1) is 5.92 Å². The van der Waals surface area contributed by atoms with E-state index in [-0.39, 0.29) is 23.8 Å². The van der Waals surface area contributed by atoms with Gasteiger partial charge in [-0.15, -0.1) is 0 Å². The maximum Gasteiger partial charge on any atom is 0.245 e. The van der Waals surface area contributed by atoms with Gasteiger partial charge in [-0.1, -0.05) is 37.5 Å². The second kappa shape index (κ2) is 14.7. The first-order chi connectivity index (χ1) is 18.7. The SMILES string of the molecule is CCNC(=O)C(N(C)C(=O)C(NCC1CCc2cccc(CCCNC=O)c2O1)C1CCCCC1)C(C)(C)O. The number of carbonyl (C=O) groups is 3. The Bertz CT molecular complexity index is 957. The van der Waals surface area contributed by atoms with Crippen LogP contribution in [0.15, 0.2) is 18.2 Å². The zero-order valence-corrected chi connectivity index (χ0v) is 24.1. The van der Waals surface area contributed by atoms with E-state index >= 15 is 0 Å². The van der Waals surface area contributed by atoms with Crippen LogP contribution in [-0.2, 0) is 27.2 Å². The molecule has 218 valence electrons. The minimum Gasteiger partial charge on any atom is -0.489 e. The molecule has 2 aliphatic rings. The number of nitrogens with zero attached hydrogens (tertiary/aromatic N) is 1. The first-order valence-electron chi connectivity index (χ1n) is 14.6. The van der Waals surface area contributed by atoms with Crippen molar-refractivity contribution < 1.29 is 24.2 Å².